The van der Waals surface area contributed by atoms with Crippen LogP contribution in [0.1, 0.15) is 29.9 Å². The van der Waals surface area contributed by atoms with Gasteiger partial charge in [-0.1, -0.05) is 0 Å². The van der Waals surface area contributed by atoms with Gasteiger partial charge in [-0.15, -0.1) is 11.3 Å². The molecule has 4 heterocycles. The van der Waals surface area contributed by atoms with Crippen LogP contribution in [0.2, 0.25) is 0 Å². The van der Waals surface area contributed by atoms with Crippen molar-refractivity contribution in [1.82, 2.24) is 19.9 Å². The van der Waals surface area contributed by atoms with Crippen molar-refractivity contribution in [2.45, 2.75) is 32.4 Å². The molecule has 204 valence electrons. The van der Waals surface area contributed by atoms with E-state index in [1.54, 1.807) is 18.5 Å². The molecule has 4 aromatic rings. The fraction of sp³-hybridized carbons (Fsp3) is 0.357. The van der Waals surface area contributed by atoms with Crippen LogP contribution >= 0.6 is 11.3 Å². The second-order valence-electron chi connectivity index (χ2n) is 9.96. The molecule has 0 spiro atoms. The highest BCUT2D eigenvalue weighted by Crippen LogP contribution is 2.41. The minimum Gasteiger partial charge on any atom is -0.489 e. The average Bonchev–Trinajstić information content (AvgIpc) is 3.55. The Morgan fingerprint density at radius 1 is 1.26 bits per heavy atom. The number of carbonyl (C=O) groups is 1. The van der Waals surface area contributed by atoms with Crippen LogP contribution in [0, 0.1) is 0 Å². The monoisotopic (exact) mass is 547 g/mol. The number of likely N-dealkylation sites (N-methyl/N-ethyl adjacent to an activating group) is 1. The number of nitrogens with one attached hydrogen (secondary N) is 1. The highest BCUT2D eigenvalue weighted by Gasteiger charge is 2.26. The summed E-state index contributed by atoms with van der Waals surface area (Å²) in [5, 5.41) is 3.33. The molecule has 1 aliphatic rings. The molecule has 10 nitrogen and oxygen atoms in total. The van der Waals surface area contributed by atoms with Gasteiger partial charge >= 0.3 is 0 Å². The van der Waals surface area contributed by atoms with E-state index in [0.29, 0.717) is 39.4 Å². The first kappa shape index (κ1) is 26.6. The lowest BCUT2D eigenvalue weighted by atomic mass is 10.1. The summed E-state index contributed by atoms with van der Waals surface area (Å²) in [5.41, 5.74) is 9.43. The van der Waals surface area contributed by atoms with Gasteiger partial charge in [-0.05, 0) is 58.6 Å². The van der Waals surface area contributed by atoms with Gasteiger partial charge in [0.15, 0.2) is 0 Å². The predicted octanol–water partition coefficient (Wildman–Crippen LogP) is 4.53. The largest absolute Gasteiger partial charge is 0.489 e. The highest BCUT2D eigenvalue weighted by molar-refractivity contribution is 7.21. The Bertz CT molecular complexity index is 1500. The molecule has 1 atom stereocenters. The Labute approximate surface area is 231 Å². The van der Waals surface area contributed by atoms with Crippen molar-refractivity contribution in [2.75, 3.05) is 44.5 Å². The van der Waals surface area contributed by atoms with Crippen molar-refractivity contribution in [3.05, 3.63) is 47.6 Å². The van der Waals surface area contributed by atoms with Crippen LogP contribution in [0.15, 0.2) is 42.7 Å². The van der Waals surface area contributed by atoms with Gasteiger partial charge < -0.3 is 30.3 Å². The summed E-state index contributed by atoms with van der Waals surface area (Å²) in [7, 11) is 5.79. The van der Waals surface area contributed by atoms with E-state index in [4.69, 9.17) is 20.2 Å². The first-order valence-electron chi connectivity index (χ1n) is 12.8. The lowest BCUT2D eigenvalue weighted by Crippen LogP contribution is -2.31. The molecule has 0 aliphatic carbocycles. The Morgan fingerprint density at radius 2 is 2.08 bits per heavy atom. The summed E-state index contributed by atoms with van der Waals surface area (Å²) in [6.07, 6.45) is 4.43. The van der Waals surface area contributed by atoms with Crippen LogP contribution < -0.4 is 25.4 Å². The number of benzene rings is 1. The van der Waals surface area contributed by atoms with E-state index in [1.165, 1.54) is 18.4 Å². The van der Waals surface area contributed by atoms with Gasteiger partial charge in [-0.2, -0.15) is 0 Å². The van der Waals surface area contributed by atoms with E-state index >= 15 is 0 Å². The standard InChI is InChI=1S/C28H33N7O3S/c1-16(2)38-21-13-17(35-12-10-18(15-35)34(3)4)8-9-20(21)32-28-31-14-22-24(33-28)23(25(39-22)26(29)36)19-7-6-11-30-27(19)37-5/h6-9,11,13-14,16,18H,10,12,15H2,1-5H3,(H2,29,36)(H,31,32,33). The number of methoxy groups -OCH3 is 1. The van der Waals surface area contributed by atoms with Gasteiger partial charge in [0.05, 0.1) is 35.3 Å². The minimum atomic E-state index is -0.546. The highest BCUT2D eigenvalue weighted by atomic mass is 32.1. The number of nitrogens with two attached hydrogens (primary N) is 1. The Kier molecular flexibility index (Phi) is 7.53. The van der Waals surface area contributed by atoms with Crippen LogP contribution in [0.3, 0.4) is 0 Å². The molecule has 5 rings (SSSR count). The number of hydrogen-bond acceptors (Lipinski definition) is 10. The zero-order valence-electron chi connectivity index (χ0n) is 22.8. The number of primary amides is 1. The number of nitrogens with zero attached hydrogens (tertiary/aromatic N) is 5. The first-order valence-corrected chi connectivity index (χ1v) is 13.6. The lowest BCUT2D eigenvalue weighted by Gasteiger charge is -2.23. The zero-order chi connectivity index (χ0) is 27.7. The molecule has 1 aliphatic heterocycles. The fourth-order valence-electron chi connectivity index (χ4n) is 4.80. The van der Waals surface area contributed by atoms with Crippen LogP contribution in [0.25, 0.3) is 21.3 Å². The molecule has 0 radical (unpaired) electrons. The molecule has 1 saturated heterocycles. The topological polar surface area (TPSA) is 119 Å². The van der Waals surface area contributed by atoms with E-state index in [2.05, 4.69) is 51.3 Å². The molecule has 0 bridgehead atoms. The Balaban J connectivity index is 1.52. The van der Waals surface area contributed by atoms with E-state index in [9.17, 15) is 4.79 Å². The Hall–Kier alpha value is -3.96. The summed E-state index contributed by atoms with van der Waals surface area (Å²) in [5.74, 6) is 0.928. The summed E-state index contributed by atoms with van der Waals surface area (Å²) < 4.78 is 12.4. The summed E-state index contributed by atoms with van der Waals surface area (Å²) in [6, 6.07) is 10.3. The van der Waals surface area contributed by atoms with E-state index in [1.807, 2.05) is 26.0 Å². The van der Waals surface area contributed by atoms with Gasteiger partial charge in [0.1, 0.15) is 10.6 Å². The number of carbonyl (C=O) groups excluding carboxylic acids is 1. The lowest BCUT2D eigenvalue weighted by molar-refractivity contribution is 0.100. The van der Waals surface area contributed by atoms with Gasteiger partial charge in [0, 0.05) is 48.2 Å². The maximum Gasteiger partial charge on any atom is 0.259 e. The first-order chi connectivity index (χ1) is 18.7. The van der Waals surface area contributed by atoms with Gasteiger partial charge in [0.25, 0.3) is 5.91 Å². The number of rotatable bonds is 9. The number of pyridine rings is 1. The summed E-state index contributed by atoms with van der Waals surface area (Å²) in [6.45, 7) is 5.97. The van der Waals surface area contributed by atoms with Crippen LogP contribution in [0.5, 0.6) is 11.6 Å². The number of hydrogen-bond donors (Lipinski definition) is 2. The number of anilines is 3. The van der Waals surface area contributed by atoms with Crippen LogP contribution in [-0.2, 0) is 0 Å². The van der Waals surface area contributed by atoms with Crippen molar-refractivity contribution < 1.29 is 14.3 Å². The van der Waals surface area contributed by atoms with Crippen LogP contribution in [-0.4, -0.2) is 72.2 Å². The van der Waals surface area contributed by atoms with Crippen molar-refractivity contribution in [1.29, 1.82) is 0 Å². The number of thiophene rings is 1. The fourth-order valence-corrected chi connectivity index (χ4v) is 5.78. The second-order valence-corrected chi connectivity index (χ2v) is 11.0. The molecule has 39 heavy (non-hydrogen) atoms. The number of ether oxygens (including phenoxy) is 2. The molecular formula is C28H33N7O3S. The Morgan fingerprint density at radius 3 is 2.77 bits per heavy atom. The van der Waals surface area contributed by atoms with Gasteiger partial charge in [-0.3, -0.25) is 4.79 Å². The molecule has 0 saturated carbocycles. The van der Waals surface area contributed by atoms with E-state index in [0.717, 1.165) is 41.3 Å². The van der Waals surface area contributed by atoms with E-state index < -0.39 is 5.91 Å². The SMILES string of the molecule is COc1ncccc1-c1c(C(N)=O)sc2cnc(Nc3ccc(N4CCC(N(C)C)C4)cc3OC(C)C)nc12. The van der Waals surface area contributed by atoms with Crippen molar-refractivity contribution in [3.8, 4) is 22.8 Å². The zero-order valence-corrected chi connectivity index (χ0v) is 23.6. The quantitative estimate of drug-likeness (QED) is 0.311. The van der Waals surface area contributed by atoms with Crippen LogP contribution in [0.4, 0.5) is 17.3 Å². The third-order valence-corrected chi connectivity index (χ3v) is 7.85. The van der Waals surface area contributed by atoms with Crippen molar-refractivity contribution in [2.24, 2.45) is 5.73 Å². The summed E-state index contributed by atoms with van der Waals surface area (Å²) >= 11 is 1.25. The molecule has 3 N–H and O–H groups in total. The maximum atomic E-state index is 12.4. The molecule has 1 aromatic carbocycles. The predicted molar refractivity (Wildman–Crippen MR) is 156 cm³/mol. The van der Waals surface area contributed by atoms with Gasteiger partial charge in [0.2, 0.25) is 11.8 Å². The smallest absolute Gasteiger partial charge is 0.259 e. The second kappa shape index (κ2) is 11.0. The van der Waals surface area contributed by atoms with Crippen molar-refractivity contribution >= 4 is 44.8 Å². The number of fused-ring (bicyclic) bond motifs is 1. The van der Waals surface area contributed by atoms with Crippen molar-refractivity contribution in [3.63, 3.8) is 0 Å². The summed E-state index contributed by atoms with van der Waals surface area (Å²) in [4.78, 5) is 31.0. The third-order valence-electron chi connectivity index (χ3n) is 6.72. The van der Waals surface area contributed by atoms with E-state index in [-0.39, 0.29) is 6.10 Å². The number of aromatic nitrogens is 3. The maximum absolute atomic E-state index is 12.4. The normalized spacial score (nSPS) is 15.4. The third kappa shape index (κ3) is 5.45. The molecular weight excluding hydrogens is 514 g/mol. The molecule has 11 heteroatoms. The number of amides is 1. The molecule has 1 fully saturated rings. The molecule has 1 unspecified atom stereocenters. The van der Waals surface area contributed by atoms with Gasteiger partial charge in [-0.25, -0.2) is 15.0 Å². The average molecular weight is 548 g/mol. The molecule has 1 amide bonds. The minimum absolute atomic E-state index is 0.0167. The molecule has 3 aromatic heterocycles.